The summed E-state index contributed by atoms with van der Waals surface area (Å²) in [6.07, 6.45) is 12.4. The van der Waals surface area contributed by atoms with Crippen molar-refractivity contribution in [2.24, 2.45) is 46.8 Å². The summed E-state index contributed by atoms with van der Waals surface area (Å²) in [6.45, 7) is 11.9. The van der Waals surface area contributed by atoms with Gasteiger partial charge in [0.05, 0.1) is 11.7 Å². The van der Waals surface area contributed by atoms with Crippen LogP contribution in [0.3, 0.4) is 0 Å². The number of rotatable bonds is 0. The highest BCUT2D eigenvalue weighted by Gasteiger charge is 2.60. The second-order valence-electron chi connectivity index (χ2n) is 13.0. The molecule has 178 valence electrons. The molecule has 1 amide bonds. The molecule has 2 saturated heterocycles. The van der Waals surface area contributed by atoms with Crippen molar-refractivity contribution >= 4 is 5.91 Å². The van der Waals surface area contributed by atoms with Crippen molar-refractivity contribution in [2.45, 2.75) is 96.8 Å². The molecule has 2 unspecified atom stereocenters. The Labute approximate surface area is 194 Å². The Hall–Kier alpha value is -0.870. The number of fused-ring (bicyclic) bond motifs is 6. The van der Waals surface area contributed by atoms with Gasteiger partial charge in [0.25, 0.3) is 0 Å². The van der Waals surface area contributed by atoms with Crippen molar-refractivity contribution in [1.29, 1.82) is 0 Å². The van der Waals surface area contributed by atoms with Gasteiger partial charge >= 0.3 is 0 Å². The van der Waals surface area contributed by atoms with Crippen LogP contribution in [0.5, 0.6) is 0 Å². The molecule has 0 aromatic heterocycles. The van der Waals surface area contributed by atoms with E-state index in [2.05, 4.69) is 38.3 Å². The second kappa shape index (κ2) is 7.57. The average molecular weight is 441 g/mol. The monoisotopic (exact) mass is 440 g/mol. The van der Waals surface area contributed by atoms with E-state index in [4.69, 9.17) is 4.74 Å². The average Bonchev–Trinajstić information content (AvgIpc) is 3.14. The van der Waals surface area contributed by atoms with Crippen LogP contribution >= 0.6 is 0 Å². The van der Waals surface area contributed by atoms with Gasteiger partial charge in [-0.2, -0.15) is 0 Å². The van der Waals surface area contributed by atoms with Gasteiger partial charge in [0, 0.05) is 24.6 Å². The second-order valence-corrected chi connectivity index (χ2v) is 13.0. The first kappa shape index (κ1) is 21.6. The lowest BCUT2D eigenvalue weighted by atomic mass is 9.58. The van der Waals surface area contributed by atoms with Crippen molar-refractivity contribution in [3.63, 3.8) is 0 Å². The number of nitrogens with one attached hydrogen (secondary N) is 2. The Morgan fingerprint density at radius 2 is 1.91 bits per heavy atom. The summed E-state index contributed by atoms with van der Waals surface area (Å²) in [5.41, 5.74) is 1.76. The van der Waals surface area contributed by atoms with Crippen LogP contribution in [0.25, 0.3) is 0 Å². The molecule has 3 aliphatic carbocycles. The molecular weight excluding hydrogens is 396 g/mol. The zero-order chi connectivity index (χ0) is 22.3. The predicted octanol–water partition coefficient (Wildman–Crippen LogP) is 4.69. The van der Waals surface area contributed by atoms with E-state index in [-0.39, 0.29) is 16.9 Å². The number of allylic oxidation sites excluding steroid dienone is 1. The summed E-state index contributed by atoms with van der Waals surface area (Å²) in [4.78, 5) is 12.2. The molecule has 3 saturated carbocycles. The fraction of sp³-hybridized carbons (Fsp3) is 0.893. The van der Waals surface area contributed by atoms with Gasteiger partial charge in [0.2, 0.25) is 5.91 Å². The largest absolute Gasteiger partial charge is 0.370 e. The van der Waals surface area contributed by atoms with Gasteiger partial charge in [-0.15, -0.1) is 0 Å². The number of carbonyl (C=O) groups excluding carboxylic acids is 1. The van der Waals surface area contributed by atoms with Crippen LogP contribution in [0.2, 0.25) is 0 Å². The predicted molar refractivity (Wildman–Crippen MR) is 127 cm³/mol. The molecule has 32 heavy (non-hydrogen) atoms. The molecule has 0 radical (unpaired) electrons. The van der Waals surface area contributed by atoms with Crippen LogP contribution in [-0.4, -0.2) is 36.7 Å². The first-order valence-electron chi connectivity index (χ1n) is 13.7. The molecule has 3 heterocycles. The molecule has 5 fully saturated rings. The van der Waals surface area contributed by atoms with E-state index in [1.165, 1.54) is 44.1 Å². The highest BCUT2D eigenvalue weighted by atomic mass is 16.5. The topological polar surface area (TPSA) is 50.4 Å². The van der Waals surface area contributed by atoms with Gasteiger partial charge in [0.15, 0.2) is 0 Å². The molecule has 4 heteroatoms. The zero-order valence-electron chi connectivity index (χ0n) is 20.7. The maximum Gasteiger partial charge on any atom is 0.243 e. The molecule has 6 aliphatic rings. The maximum atomic E-state index is 12.2. The Balaban J connectivity index is 1.25. The molecule has 2 N–H and O–H groups in total. The minimum absolute atomic E-state index is 0.0912. The number of carbonyl (C=O) groups is 1. The molecular formula is C28H44N2O2. The van der Waals surface area contributed by atoms with E-state index in [9.17, 15) is 4.79 Å². The van der Waals surface area contributed by atoms with Gasteiger partial charge < -0.3 is 15.4 Å². The Morgan fingerprint density at radius 1 is 1.06 bits per heavy atom. The molecule has 0 aromatic carbocycles. The lowest BCUT2D eigenvalue weighted by Crippen LogP contribution is -2.48. The summed E-state index contributed by atoms with van der Waals surface area (Å²) in [5.74, 6) is 5.50. The lowest BCUT2D eigenvalue weighted by Gasteiger charge is -2.46. The van der Waals surface area contributed by atoms with E-state index in [1.807, 2.05) is 6.08 Å². The molecule has 11 atom stereocenters. The molecule has 4 nitrogen and oxygen atoms in total. The lowest BCUT2D eigenvalue weighted by molar-refractivity contribution is -0.116. The third-order valence-corrected chi connectivity index (χ3v) is 11.5. The number of piperidine rings is 1. The van der Waals surface area contributed by atoms with E-state index < -0.39 is 0 Å². The number of amides is 1. The van der Waals surface area contributed by atoms with Crippen molar-refractivity contribution in [1.82, 2.24) is 10.6 Å². The van der Waals surface area contributed by atoms with Crippen LogP contribution in [0.1, 0.15) is 79.1 Å². The van der Waals surface area contributed by atoms with Crippen LogP contribution in [0.15, 0.2) is 11.6 Å². The van der Waals surface area contributed by atoms with Gasteiger partial charge in [-0.3, -0.25) is 4.79 Å². The number of hydrogen-bond acceptors (Lipinski definition) is 3. The summed E-state index contributed by atoms with van der Waals surface area (Å²) in [6, 6.07) is 0.557. The number of ether oxygens (including phenoxy) is 1. The summed E-state index contributed by atoms with van der Waals surface area (Å²) in [5, 5.41) is 6.98. The molecule has 6 rings (SSSR count). The van der Waals surface area contributed by atoms with Crippen LogP contribution in [0, 0.1) is 46.8 Å². The quantitative estimate of drug-likeness (QED) is 0.574. The zero-order valence-corrected chi connectivity index (χ0v) is 20.7. The fourth-order valence-corrected chi connectivity index (χ4v) is 9.75. The highest BCUT2D eigenvalue weighted by molar-refractivity contribution is 5.88. The third kappa shape index (κ3) is 3.11. The third-order valence-electron chi connectivity index (χ3n) is 11.5. The van der Waals surface area contributed by atoms with Crippen molar-refractivity contribution in [3.8, 4) is 0 Å². The summed E-state index contributed by atoms with van der Waals surface area (Å²) < 4.78 is 7.04. The van der Waals surface area contributed by atoms with Gasteiger partial charge in [-0.1, -0.05) is 33.3 Å². The van der Waals surface area contributed by atoms with Crippen molar-refractivity contribution < 1.29 is 9.53 Å². The maximum absolute atomic E-state index is 12.2. The van der Waals surface area contributed by atoms with Gasteiger partial charge in [-0.25, -0.2) is 0 Å². The molecule has 3 aliphatic heterocycles. The van der Waals surface area contributed by atoms with Crippen LogP contribution < -0.4 is 10.6 Å². The Morgan fingerprint density at radius 3 is 2.75 bits per heavy atom. The minimum Gasteiger partial charge on any atom is -0.370 e. The first-order chi connectivity index (χ1) is 15.3. The molecule has 0 aromatic rings. The summed E-state index contributed by atoms with van der Waals surface area (Å²) in [7, 11) is 0. The van der Waals surface area contributed by atoms with E-state index in [0.29, 0.717) is 18.1 Å². The first-order valence-corrected chi connectivity index (χ1v) is 13.7. The standard InChI is InChI=1S/C28H44N2O2/c1-16-11-24-26(30-15-16)18(3)28(32-24)8-7-20-21-6-5-19-12-25(31)29-10-9-27(19,4)23(21)13-22(20)17(2)14-28/h12,16-18,20-24,26,30H,5-11,13-15H2,1-4H3,(H,29,31)/t16-,17?,18+,20-,21-,22?,23-,24+,26-,27-,28-/m0/s1. The van der Waals surface area contributed by atoms with Gasteiger partial charge in [0.1, 0.15) is 0 Å². The van der Waals surface area contributed by atoms with E-state index in [1.54, 1.807) is 0 Å². The fourth-order valence-electron chi connectivity index (χ4n) is 9.75. The number of hydrogen-bond donors (Lipinski definition) is 2. The molecule has 1 spiro atoms. The van der Waals surface area contributed by atoms with Crippen molar-refractivity contribution in [3.05, 3.63) is 11.6 Å². The Kier molecular flexibility index (Phi) is 5.12. The normalized spacial score (nSPS) is 55.1. The van der Waals surface area contributed by atoms with Crippen LogP contribution in [0.4, 0.5) is 0 Å². The summed E-state index contributed by atoms with van der Waals surface area (Å²) >= 11 is 0. The SMILES string of the molecule is CC1C[C@]2(CC[C@@H]3C1C[C@H]1[C@H]3CCC3=CC(=O)NCC[C@@]31C)O[C@@H]1C[C@H](C)CN[C@H]1[C@H]2C. The highest BCUT2D eigenvalue weighted by Crippen LogP contribution is 2.64. The van der Waals surface area contributed by atoms with E-state index >= 15 is 0 Å². The smallest absolute Gasteiger partial charge is 0.243 e. The van der Waals surface area contributed by atoms with Crippen molar-refractivity contribution in [2.75, 3.05) is 13.1 Å². The van der Waals surface area contributed by atoms with Crippen LogP contribution in [-0.2, 0) is 9.53 Å². The molecule has 0 bridgehead atoms. The van der Waals surface area contributed by atoms with E-state index in [0.717, 1.165) is 61.4 Å². The Bertz CT molecular complexity index is 809. The minimum atomic E-state index is 0.0912. The van der Waals surface area contributed by atoms with Gasteiger partial charge in [-0.05, 0) is 98.8 Å².